The molecule has 2 aliphatic rings. The maximum absolute atomic E-state index is 13.8. The van der Waals surface area contributed by atoms with Crippen LogP contribution in [-0.4, -0.2) is 55.2 Å². The summed E-state index contributed by atoms with van der Waals surface area (Å²) in [6, 6.07) is 6.17. The first-order valence-corrected chi connectivity index (χ1v) is 9.79. The number of aliphatic hydroxyl groups excluding tert-OH is 1. The molecule has 1 aromatic carbocycles. The summed E-state index contributed by atoms with van der Waals surface area (Å²) in [4.78, 5) is 27.0. The molecule has 30 heavy (non-hydrogen) atoms. The van der Waals surface area contributed by atoms with E-state index in [1.54, 1.807) is 43.5 Å². The molecule has 2 heterocycles. The maximum Gasteiger partial charge on any atom is 0.249 e. The second-order valence-corrected chi connectivity index (χ2v) is 7.76. The number of methoxy groups -OCH3 is 2. The van der Waals surface area contributed by atoms with E-state index in [1.165, 1.54) is 6.07 Å². The van der Waals surface area contributed by atoms with Crippen molar-refractivity contribution < 1.29 is 28.6 Å². The van der Waals surface area contributed by atoms with Gasteiger partial charge in [0.05, 0.1) is 18.1 Å². The molecule has 1 aromatic rings. The minimum absolute atomic E-state index is 0.0147. The molecule has 2 aliphatic heterocycles. The number of amides is 1. The van der Waals surface area contributed by atoms with Gasteiger partial charge in [-0.15, -0.1) is 0 Å². The van der Waals surface area contributed by atoms with E-state index < -0.39 is 23.2 Å². The monoisotopic (exact) mass is 418 g/mol. The molecule has 0 fully saturated rings. The van der Waals surface area contributed by atoms with Gasteiger partial charge in [-0.3, -0.25) is 9.59 Å². The van der Waals surface area contributed by atoms with E-state index >= 15 is 0 Å². The van der Waals surface area contributed by atoms with Crippen LogP contribution in [0.2, 0.25) is 0 Å². The van der Waals surface area contributed by atoms with Crippen LogP contribution in [0.15, 0.2) is 47.5 Å². The van der Waals surface area contributed by atoms with Crippen LogP contribution in [0.1, 0.15) is 25.3 Å². The van der Waals surface area contributed by atoms with Crippen molar-refractivity contribution in [3.8, 4) is 0 Å². The third kappa shape index (κ3) is 4.11. The zero-order valence-corrected chi connectivity index (χ0v) is 17.4. The fourth-order valence-electron chi connectivity index (χ4n) is 3.93. The minimum Gasteiger partial charge on any atom is -0.509 e. The summed E-state index contributed by atoms with van der Waals surface area (Å²) in [5, 5.41) is 13.6. The highest BCUT2D eigenvalue weighted by Gasteiger charge is 2.48. The topological polar surface area (TPSA) is 88.1 Å². The third-order valence-corrected chi connectivity index (χ3v) is 5.85. The molecule has 0 saturated carbocycles. The van der Waals surface area contributed by atoms with Crippen LogP contribution in [0, 0.1) is 11.2 Å². The third-order valence-electron chi connectivity index (χ3n) is 5.85. The zero-order valence-electron chi connectivity index (χ0n) is 17.4. The van der Waals surface area contributed by atoms with Gasteiger partial charge in [0.25, 0.3) is 0 Å². The quantitative estimate of drug-likeness (QED) is 0.707. The number of benzene rings is 1. The van der Waals surface area contributed by atoms with E-state index in [0.29, 0.717) is 25.1 Å². The highest BCUT2D eigenvalue weighted by molar-refractivity contribution is 6.06. The molecule has 1 amide bonds. The van der Waals surface area contributed by atoms with E-state index in [0.717, 1.165) is 0 Å². The number of halogens is 1. The lowest BCUT2D eigenvalue weighted by atomic mass is 9.74. The molecular weight excluding hydrogens is 391 g/mol. The number of hydrogen-bond acceptors (Lipinski definition) is 6. The van der Waals surface area contributed by atoms with Crippen LogP contribution in [0.25, 0.3) is 0 Å². The second kappa shape index (κ2) is 8.97. The van der Waals surface area contributed by atoms with E-state index in [1.807, 2.05) is 6.92 Å². The van der Waals surface area contributed by atoms with Crippen molar-refractivity contribution in [2.75, 3.05) is 27.4 Å². The number of allylic oxidation sites excluding steroid dienone is 1. The lowest BCUT2D eigenvalue weighted by molar-refractivity contribution is -0.123. The molecular formula is C22H27FN2O5. The molecule has 0 saturated heterocycles. The number of rotatable bonds is 7. The molecule has 2 N–H and O–H groups in total. The van der Waals surface area contributed by atoms with Crippen molar-refractivity contribution in [3.05, 3.63) is 58.9 Å². The Hall–Kier alpha value is -2.71. The van der Waals surface area contributed by atoms with Gasteiger partial charge in [-0.2, -0.15) is 0 Å². The molecule has 3 rings (SSSR count). The van der Waals surface area contributed by atoms with Crippen molar-refractivity contribution in [2.45, 2.75) is 32.4 Å². The van der Waals surface area contributed by atoms with Crippen molar-refractivity contribution in [3.63, 3.8) is 0 Å². The number of Topliss-reactive ketones (excluding diaryl/α,β-unsaturated/α-hetero) is 1. The van der Waals surface area contributed by atoms with E-state index in [2.05, 4.69) is 5.32 Å². The number of aliphatic hydroxyl groups is 1. The fraction of sp³-hybridized carbons (Fsp3) is 0.455. The average Bonchev–Trinajstić information content (AvgIpc) is 2.73. The zero-order chi connectivity index (χ0) is 21.9. The van der Waals surface area contributed by atoms with Gasteiger partial charge < -0.3 is 24.8 Å². The van der Waals surface area contributed by atoms with Gasteiger partial charge in [0.2, 0.25) is 5.91 Å². The molecule has 8 heteroatoms. The normalized spacial score (nSPS) is 23.9. The average molecular weight is 418 g/mol. The van der Waals surface area contributed by atoms with Crippen LogP contribution in [0.4, 0.5) is 4.39 Å². The molecule has 0 aliphatic carbocycles. The van der Waals surface area contributed by atoms with Gasteiger partial charge in [0.15, 0.2) is 5.78 Å². The summed E-state index contributed by atoms with van der Waals surface area (Å²) < 4.78 is 24.5. The van der Waals surface area contributed by atoms with Crippen LogP contribution < -0.4 is 5.32 Å². The number of ether oxygens (including phenoxy) is 2. The molecule has 7 nitrogen and oxygen atoms in total. The Morgan fingerprint density at radius 2 is 2.10 bits per heavy atom. The summed E-state index contributed by atoms with van der Waals surface area (Å²) in [7, 11) is 3.12. The van der Waals surface area contributed by atoms with Crippen LogP contribution in [0.5, 0.6) is 0 Å². The smallest absolute Gasteiger partial charge is 0.249 e. The Kier molecular flexibility index (Phi) is 6.58. The largest absolute Gasteiger partial charge is 0.509 e. The first-order chi connectivity index (χ1) is 14.3. The number of carbonyl (C=O) groups excluding carboxylic acids is 2. The van der Waals surface area contributed by atoms with Gasteiger partial charge in [0, 0.05) is 51.1 Å². The van der Waals surface area contributed by atoms with Crippen LogP contribution in [0.3, 0.4) is 0 Å². The van der Waals surface area contributed by atoms with Crippen molar-refractivity contribution in [1.82, 2.24) is 10.2 Å². The Morgan fingerprint density at radius 1 is 1.37 bits per heavy atom. The molecule has 0 bridgehead atoms. The molecule has 2 atom stereocenters. The first-order valence-electron chi connectivity index (χ1n) is 9.79. The molecule has 0 spiro atoms. The first kappa shape index (κ1) is 22.0. The lowest BCUT2D eigenvalue weighted by Crippen LogP contribution is -2.51. The molecule has 162 valence electrons. The SMILES string of the molecule is COCCC1(C)C(O)=C2C(=O)CC(C(=O)NCc3ccccc3F)=CN2C[C@@H]1OC. The summed E-state index contributed by atoms with van der Waals surface area (Å²) >= 11 is 0. The maximum atomic E-state index is 13.8. The number of fused-ring (bicyclic) bond motifs is 1. The molecule has 1 unspecified atom stereocenters. The summed E-state index contributed by atoms with van der Waals surface area (Å²) in [5.41, 5.74) is 0.0268. The highest BCUT2D eigenvalue weighted by atomic mass is 19.1. The number of nitrogens with one attached hydrogen (secondary N) is 1. The van der Waals surface area contributed by atoms with Gasteiger partial charge in [-0.25, -0.2) is 4.39 Å². The molecule has 0 aromatic heterocycles. The Balaban J connectivity index is 1.82. The molecule has 0 radical (unpaired) electrons. The predicted molar refractivity (Wildman–Crippen MR) is 108 cm³/mol. The van der Waals surface area contributed by atoms with Gasteiger partial charge in [-0.05, 0) is 19.4 Å². The van der Waals surface area contributed by atoms with Gasteiger partial charge in [-0.1, -0.05) is 18.2 Å². The second-order valence-electron chi connectivity index (χ2n) is 7.76. The summed E-state index contributed by atoms with van der Waals surface area (Å²) in [6.45, 7) is 2.57. The van der Waals surface area contributed by atoms with Crippen molar-refractivity contribution in [1.29, 1.82) is 0 Å². The van der Waals surface area contributed by atoms with E-state index in [9.17, 15) is 19.1 Å². The van der Waals surface area contributed by atoms with Crippen molar-refractivity contribution in [2.24, 2.45) is 5.41 Å². The standard InChI is InChI=1S/C22H27FN2O5/c1-22(8-9-29-2)18(30-3)13-25-12-15(10-17(26)19(25)20(22)27)21(28)24-11-14-6-4-5-7-16(14)23/h4-7,12,18,27H,8-11,13H2,1-3H3,(H,24,28)/t18-,22?/m0/s1. The van der Waals surface area contributed by atoms with Gasteiger partial charge >= 0.3 is 0 Å². The Labute approximate surface area is 175 Å². The fourth-order valence-corrected chi connectivity index (χ4v) is 3.93. The van der Waals surface area contributed by atoms with Crippen molar-refractivity contribution >= 4 is 11.7 Å². The van der Waals surface area contributed by atoms with E-state index in [4.69, 9.17) is 9.47 Å². The Bertz CT molecular complexity index is 897. The summed E-state index contributed by atoms with van der Waals surface area (Å²) in [6.07, 6.45) is 1.50. The van der Waals surface area contributed by atoms with Crippen LogP contribution >= 0.6 is 0 Å². The van der Waals surface area contributed by atoms with Crippen LogP contribution in [-0.2, 0) is 25.6 Å². The Morgan fingerprint density at radius 3 is 2.77 bits per heavy atom. The predicted octanol–water partition coefficient (Wildman–Crippen LogP) is 2.44. The minimum atomic E-state index is -0.773. The lowest BCUT2D eigenvalue weighted by Gasteiger charge is -2.45. The number of hydrogen-bond donors (Lipinski definition) is 2. The van der Waals surface area contributed by atoms with E-state index in [-0.39, 0.29) is 35.8 Å². The number of carbonyl (C=O) groups is 2. The highest BCUT2D eigenvalue weighted by Crippen LogP contribution is 2.43. The number of nitrogens with zero attached hydrogens (tertiary/aromatic N) is 1. The van der Waals surface area contributed by atoms with Gasteiger partial charge in [0.1, 0.15) is 17.3 Å². The summed E-state index contributed by atoms with van der Waals surface area (Å²) in [5.74, 6) is -1.25. The number of ketones is 1.